The molecular formula is C19H21ClN2O3. The Hall–Kier alpha value is -2.08. The second kappa shape index (κ2) is 7.44. The topological polar surface area (TPSA) is 75.8 Å². The molecule has 1 fully saturated rings. The Kier molecular flexibility index (Phi) is 5.27. The van der Waals surface area contributed by atoms with Crippen LogP contribution in [-0.2, 0) is 5.60 Å². The third-order valence-electron chi connectivity index (χ3n) is 4.39. The van der Waals surface area contributed by atoms with Gasteiger partial charge in [-0.15, -0.1) is 0 Å². The van der Waals surface area contributed by atoms with E-state index in [0.29, 0.717) is 42.5 Å². The number of likely N-dealkylation sites (tertiary alicyclic amines) is 1. The lowest BCUT2D eigenvalue weighted by atomic mass is 9.93. The molecule has 2 aromatic rings. The van der Waals surface area contributed by atoms with Gasteiger partial charge in [0.05, 0.1) is 12.1 Å². The van der Waals surface area contributed by atoms with Crippen LogP contribution < -0.4 is 10.5 Å². The van der Waals surface area contributed by atoms with Crippen LogP contribution in [0.15, 0.2) is 48.5 Å². The number of carbonyl (C=O) groups excluding carboxylic acids is 1. The third kappa shape index (κ3) is 3.79. The highest BCUT2D eigenvalue weighted by Gasteiger charge is 2.40. The van der Waals surface area contributed by atoms with Gasteiger partial charge in [0, 0.05) is 18.1 Å². The number of amides is 1. The molecular weight excluding hydrogens is 340 g/mol. The number of benzene rings is 2. The molecule has 1 amide bonds. The quantitative estimate of drug-likeness (QED) is 0.858. The minimum Gasteiger partial charge on any atom is -0.491 e. The van der Waals surface area contributed by atoms with Crippen LogP contribution in [0.5, 0.6) is 5.75 Å². The van der Waals surface area contributed by atoms with Gasteiger partial charge in [-0.05, 0) is 30.2 Å². The van der Waals surface area contributed by atoms with Crippen LogP contribution in [0.3, 0.4) is 0 Å². The molecule has 0 saturated carbocycles. The summed E-state index contributed by atoms with van der Waals surface area (Å²) in [4.78, 5) is 14.6. The van der Waals surface area contributed by atoms with Crippen molar-refractivity contribution in [3.63, 3.8) is 0 Å². The molecule has 5 nitrogen and oxygen atoms in total. The first-order valence-electron chi connectivity index (χ1n) is 8.23. The molecule has 0 bridgehead atoms. The predicted octanol–water partition coefficient (Wildman–Crippen LogP) is 2.41. The molecule has 1 heterocycles. The Morgan fingerprint density at radius 3 is 2.76 bits per heavy atom. The summed E-state index contributed by atoms with van der Waals surface area (Å²) in [6.45, 7) is 1.37. The standard InChI is InChI=1S/C19H21ClN2O3/c20-15-6-7-17(25-11-9-21)16(12-15)18(23)22-10-8-19(24,13-22)14-4-2-1-3-5-14/h1-7,12,24H,8-11,13,21H2/t19-/m0/s1. The Morgan fingerprint density at radius 2 is 2.04 bits per heavy atom. The van der Waals surface area contributed by atoms with Crippen molar-refractivity contribution in [2.24, 2.45) is 5.73 Å². The number of carbonyl (C=O) groups is 1. The lowest BCUT2D eigenvalue weighted by molar-refractivity contribution is 0.0416. The molecule has 1 aliphatic rings. The van der Waals surface area contributed by atoms with Crippen molar-refractivity contribution in [1.82, 2.24) is 4.90 Å². The van der Waals surface area contributed by atoms with Crippen molar-refractivity contribution in [3.05, 3.63) is 64.7 Å². The maximum atomic E-state index is 12.9. The van der Waals surface area contributed by atoms with Crippen LogP contribution in [0.4, 0.5) is 0 Å². The van der Waals surface area contributed by atoms with Gasteiger partial charge in [0.25, 0.3) is 5.91 Å². The number of aliphatic hydroxyl groups is 1. The maximum absolute atomic E-state index is 12.9. The van der Waals surface area contributed by atoms with E-state index in [1.165, 1.54) is 0 Å². The summed E-state index contributed by atoms with van der Waals surface area (Å²) in [6, 6.07) is 14.4. The molecule has 132 valence electrons. The first kappa shape index (κ1) is 17.7. The van der Waals surface area contributed by atoms with Crippen LogP contribution in [0.2, 0.25) is 5.02 Å². The molecule has 6 heteroatoms. The first-order chi connectivity index (χ1) is 12.0. The fourth-order valence-corrected chi connectivity index (χ4v) is 3.26. The van der Waals surface area contributed by atoms with E-state index in [4.69, 9.17) is 22.1 Å². The Balaban J connectivity index is 1.82. The number of halogens is 1. The number of β-amino-alcohol motifs (C(OH)–C–C–N with tert-alkyl or cyclic N) is 1. The molecule has 1 aliphatic heterocycles. The van der Waals surface area contributed by atoms with Crippen molar-refractivity contribution in [3.8, 4) is 5.75 Å². The van der Waals surface area contributed by atoms with Gasteiger partial charge in [0.1, 0.15) is 18.0 Å². The fraction of sp³-hybridized carbons (Fsp3) is 0.316. The Labute approximate surface area is 152 Å². The van der Waals surface area contributed by atoms with Crippen molar-refractivity contribution in [2.45, 2.75) is 12.0 Å². The van der Waals surface area contributed by atoms with Gasteiger partial charge >= 0.3 is 0 Å². The van der Waals surface area contributed by atoms with E-state index in [-0.39, 0.29) is 12.5 Å². The zero-order valence-electron chi connectivity index (χ0n) is 13.8. The Bertz CT molecular complexity index is 754. The third-order valence-corrected chi connectivity index (χ3v) is 4.63. The normalized spacial score (nSPS) is 19.9. The highest BCUT2D eigenvalue weighted by Crippen LogP contribution is 2.34. The second-order valence-electron chi connectivity index (χ2n) is 6.15. The number of nitrogens with two attached hydrogens (primary N) is 1. The zero-order valence-corrected chi connectivity index (χ0v) is 14.6. The molecule has 2 aromatic carbocycles. The number of hydrogen-bond acceptors (Lipinski definition) is 4. The largest absolute Gasteiger partial charge is 0.491 e. The van der Waals surface area contributed by atoms with Gasteiger partial charge < -0.3 is 20.5 Å². The molecule has 25 heavy (non-hydrogen) atoms. The number of hydrogen-bond donors (Lipinski definition) is 2. The van der Waals surface area contributed by atoms with Crippen molar-refractivity contribution < 1.29 is 14.6 Å². The van der Waals surface area contributed by atoms with Crippen molar-refractivity contribution >= 4 is 17.5 Å². The first-order valence-corrected chi connectivity index (χ1v) is 8.61. The number of rotatable bonds is 5. The molecule has 0 radical (unpaired) electrons. The maximum Gasteiger partial charge on any atom is 0.257 e. The van der Waals surface area contributed by atoms with Crippen molar-refractivity contribution in [1.29, 1.82) is 0 Å². The van der Waals surface area contributed by atoms with Crippen LogP contribution >= 0.6 is 11.6 Å². The predicted molar refractivity (Wildman–Crippen MR) is 96.9 cm³/mol. The van der Waals surface area contributed by atoms with Crippen molar-refractivity contribution in [2.75, 3.05) is 26.2 Å². The van der Waals surface area contributed by atoms with Crippen LogP contribution in [0, 0.1) is 0 Å². The van der Waals surface area contributed by atoms with Crippen LogP contribution in [-0.4, -0.2) is 42.2 Å². The average molecular weight is 361 g/mol. The highest BCUT2D eigenvalue weighted by atomic mass is 35.5. The summed E-state index contributed by atoms with van der Waals surface area (Å²) < 4.78 is 5.56. The molecule has 0 spiro atoms. The SMILES string of the molecule is NCCOc1ccc(Cl)cc1C(=O)N1CC[C@@](O)(c2ccccc2)C1. The molecule has 0 unspecified atom stereocenters. The van der Waals surface area contributed by atoms with Gasteiger partial charge in [-0.25, -0.2) is 0 Å². The molecule has 1 atom stereocenters. The Morgan fingerprint density at radius 1 is 1.28 bits per heavy atom. The monoisotopic (exact) mass is 360 g/mol. The smallest absolute Gasteiger partial charge is 0.257 e. The summed E-state index contributed by atoms with van der Waals surface area (Å²) in [5.41, 5.74) is 5.64. The van der Waals surface area contributed by atoms with Crippen LogP contribution in [0.25, 0.3) is 0 Å². The summed E-state index contributed by atoms with van der Waals surface area (Å²) >= 11 is 6.05. The molecule has 1 saturated heterocycles. The summed E-state index contributed by atoms with van der Waals surface area (Å²) in [6.07, 6.45) is 0.488. The van der Waals surface area contributed by atoms with E-state index >= 15 is 0 Å². The van der Waals surface area contributed by atoms with Gasteiger partial charge in [-0.1, -0.05) is 41.9 Å². The number of nitrogens with zero attached hydrogens (tertiary/aromatic N) is 1. The van der Waals surface area contributed by atoms with E-state index in [1.807, 2.05) is 30.3 Å². The fourth-order valence-electron chi connectivity index (χ4n) is 3.09. The number of ether oxygens (including phenoxy) is 1. The van der Waals surface area contributed by atoms with Gasteiger partial charge in [-0.3, -0.25) is 4.79 Å². The molecule has 3 N–H and O–H groups in total. The minimum absolute atomic E-state index is 0.207. The summed E-state index contributed by atoms with van der Waals surface area (Å²) in [5.74, 6) is 0.247. The molecule has 0 aliphatic carbocycles. The van der Waals surface area contributed by atoms with Gasteiger partial charge in [-0.2, -0.15) is 0 Å². The van der Waals surface area contributed by atoms with Gasteiger partial charge in [0.15, 0.2) is 0 Å². The average Bonchev–Trinajstić information content (AvgIpc) is 3.04. The van der Waals surface area contributed by atoms with Crippen LogP contribution in [0.1, 0.15) is 22.3 Å². The minimum atomic E-state index is -1.03. The lowest BCUT2D eigenvalue weighted by Gasteiger charge is -2.24. The summed E-state index contributed by atoms with van der Waals surface area (Å²) in [7, 11) is 0. The van der Waals surface area contributed by atoms with E-state index in [2.05, 4.69) is 0 Å². The van der Waals surface area contributed by atoms with E-state index in [1.54, 1.807) is 23.1 Å². The zero-order chi connectivity index (χ0) is 17.9. The van der Waals surface area contributed by atoms with E-state index < -0.39 is 5.60 Å². The summed E-state index contributed by atoms with van der Waals surface area (Å²) in [5, 5.41) is 11.4. The molecule has 0 aromatic heterocycles. The highest BCUT2D eigenvalue weighted by molar-refractivity contribution is 6.31. The van der Waals surface area contributed by atoms with E-state index in [0.717, 1.165) is 5.56 Å². The van der Waals surface area contributed by atoms with Gasteiger partial charge in [0.2, 0.25) is 0 Å². The lowest BCUT2D eigenvalue weighted by Crippen LogP contribution is -2.34. The van der Waals surface area contributed by atoms with E-state index in [9.17, 15) is 9.90 Å². The molecule has 3 rings (SSSR count). The second-order valence-corrected chi connectivity index (χ2v) is 6.59.